The van der Waals surface area contributed by atoms with Crippen molar-refractivity contribution < 1.29 is 14.7 Å². The maximum atomic E-state index is 12.7. The molecular weight excluding hydrogens is 753 g/mol. The van der Waals surface area contributed by atoms with Gasteiger partial charge in [-0.1, -0.05) is 151 Å². The molecule has 5 nitrogen and oxygen atoms in total. The first kappa shape index (κ1) is 37.1. The molecule has 6 aromatic carbocycles. The summed E-state index contributed by atoms with van der Waals surface area (Å²) in [5, 5.41) is 9.10. The van der Waals surface area contributed by atoms with E-state index < -0.39 is 12.5 Å². The fourth-order valence-electron chi connectivity index (χ4n) is 8.32. The number of hydrogen-bond acceptors (Lipinski definition) is 5. The number of rotatable bonds is 8. The van der Waals surface area contributed by atoms with Gasteiger partial charge in [-0.25, -0.2) is 0 Å². The molecular formula is C51H38N2O3S2. The first-order valence-electron chi connectivity index (χ1n) is 19.4. The van der Waals surface area contributed by atoms with Crippen LogP contribution in [0, 0.1) is 11.8 Å². The molecule has 1 saturated carbocycles. The summed E-state index contributed by atoms with van der Waals surface area (Å²) < 4.78 is 0.257. The quantitative estimate of drug-likeness (QED) is 0.0717. The molecule has 282 valence electrons. The van der Waals surface area contributed by atoms with Crippen LogP contribution in [0.4, 0.5) is 11.4 Å². The van der Waals surface area contributed by atoms with Crippen LogP contribution in [-0.2, 0) is 9.59 Å². The van der Waals surface area contributed by atoms with Crippen LogP contribution in [0.1, 0.15) is 64.1 Å². The van der Waals surface area contributed by atoms with Gasteiger partial charge in [0, 0.05) is 34.5 Å². The second-order valence-electron chi connectivity index (χ2n) is 14.7. The van der Waals surface area contributed by atoms with Crippen LogP contribution in [0.25, 0.3) is 28.9 Å². The Balaban J connectivity index is 0.901. The lowest BCUT2D eigenvalue weighted by Crippen LogP contribution is -2.33. The number of carbonyl (C=O) groups excluding carboxylic acids is 1. The molecule has 1 N–H and O–H groups in total. The first-order chi connectivity index (χ1) is 28.4. The molecule has 0 radical (unpaired) electrons. The molecule has 3 aliphatic rings. The minimum atomic E-state index is -1.10. The van der Waals surface area contributed by atoms with Gasteiger partial charge in [-0.2, -0.15) is 0 Å². The Morgan fingerprint density at radius 3 is 2.00 bits per heavy atom. The van der Waals surface area contributed by atoms with Gasteiger partial charge in [0.1, 0.15) is 10.9 Å². The van der Waals surface area contributed by atoms with Gasteiger partial charge in [0.15, 0.2) is 0 Å². The second kappa shape index (κ2) is 16.2. The molecule has 2 heterocycles. The van der Waals surface area contributed by atoms with Gasteiger partial charge in [0.25, 0.3) is 5.91 Å². The van der Waals surface area contributed by atoms with E-state index in [1.54, 1.807) is 6.08 Å². The van der Waals surface area contributed by atoms with Crippen LogP contribution in [-0.4, -0.2) is 38.8 Å². The number of thiocarbonyl (C=S) groups is 1. The van der Waals surface area contributed by atoms with Gasteiger partial charge in [0.05, 0.1) is 4.91 Å². The van der Waals surface area contributed by atoms with Crippen molar-refractivity contribution in [2.45, 2.75) is 31.2 Å². The number of amides is 1. The zero-order valence-corrected chi connectivity index (χ0v) is 33.2. The maximum Gasteiger partial charge on any atom is 0.323 e. The molecule has 9 rings (SSSR count). The summed E-state index contributed by atoms with van der Waals surface area (Å²) in [5.41, 5.74) is 13.6. The highest BCUT2D eigenvalue weighted by Gasteiger charge is 2.42. The molecule has 7 heteroatoms. The minimum absolute atomic E-state index is 0.257. The van der Waals surface area contributed by atoms with Crippen molar-refractivity contribution in [3.05, 3.63) is 196 Å². The number of hydrogen-bond donors (Lipinski definition) is 1. The average molecular weight is 791 g/mol. The molecule has 2 aliphatic heterocycles. The molecule has 2 unspecified atom stereocenters. The molecule has 0 spiro atoms. The van der Waals surface area contributed by atoms with E-state index in [0.717, 1.165) is 44.5 Å². The fraction of sp³-hybridized carbons (Fsp3) is 0.118. The van der Waals surface area contributed by atoms with Gasteiger partial charge in [-0.15, -0.1) is 0 Å². The maximum absolute atomic E-state index is 12.7. The SMILES string of the molecule is O=C(O)CN1C(=O)/C(=C/c2ccc(-c3ccc(C#Cc4ccc5c(c4)C4CCCC4N5c4ccc(C=C(c5ccccc5)c5ccccc5)cc4)cc3)cc2)SC1=S. The summed E-state index contributed by atoms with van der Waals surface area (Å²) in [6.07, 6.45) is 7.64. The van der Waals surface area contributed by atoms with E-state index in [2.05, 4.69) is 138 Å². The summed E-state index contributed by atoms with van der Waals surface area (Å²) in [6.45, 7) is -0.435. The summed E-state index contributed by atoms with van der Waals surface area (Å²) >= 11 is 6.33. The minimum Gasteiger partial charge on any atom is -0.480 e. The van der Waals surface area contributed by atoms with Gasteiger partial charge >= 0.3 is 5.97 Å². The lowest BCUT2D eigenvalue weighted by molar-refractivity contribution is -0.140. The summed E-state index contributed by atoms with van der Waals surface area (Å²) in [5.74, 6) is 5.86. The van der Waals surface area contributed by atoms with E-state index in [-0.39, 0.29) is 10.2 Å². The van der Waals surface area contributed by atoms with Crippen LogP contribution in [0.3, 0.4) is 0 Å². The van der Waals surface area contributed by atoms with E-state index in [9.17, 15) is 9.59 Å². The van der Waals surface area contributed by atoms with Crippen LogP contribution in [0.5, 0.6) is 0 Å². The Kier molecular flexibility index (Phi) is 10.4. The molecule has 58 heavy (non-hydrogen) atoms. The van der Waals surface area contributed by atoms with Gasteiger partial charge in [0.2, 0.25) is 0 Å². The van der Waals surface area contributed by atoms with Crippen molar-refractivity contribution in [2.24, 2.45) is 0 Å². The Labute approximate surface area is 348 Å². The number of benzene rings is 6. The lowest BCUT2D eigenvalue weighted by Gasteiger charge is -2.27. The van der Waals surface area contributed by atoms with Crippen molar-refractivity contribution in [1.29, 1.82) is 0 Å². The summed E-state index contributed by atoms with van der Waals surface area (Å²) in [7, 11) is 0. The molecule has 0 bridgehead atoms. The van der Waals surface area contributed by atoms with Crippen molar-refractivity contribution >= 4 is 69.3 Å². The molecule has 2 fully saturated rings. The van der Waals surface area contributed by atoms with E-state index in [1.165, 1.54) is 58.5 Å². The third-order valence-corrected chi connectivity index (χ3v) is 12.5. The van der Waals surface area contributed by atoms with Gasteiger partial charge < -0.3 is 10.0 Å². The summed E-state index contributed by atoms with van der Waals surface area (Å²) in [6, 6.07) is 53.6. The van der Waals surface area contributed by atoms with E-state index in [4.69, 9.17) is 17.3 Å². The monoisotopic (exact) mass is 790 g/mol. The third-order valence-electron chi connectivity index (χ3n) is 11.1. The summed E-state index contributed by atoms with van der Waals surface area (Å²) in [4.78, 5) is 27.9. The van der Waals surface area contributed by atoms with E-state index >= 15 is 0 Å². The van der Waals surface area contributed by atoms with Crippen LogP contribution in [0.15, 0.2) is 157 Å². The number of carboxylic acid groups (broad SMARTS) is 1. The number of thioether (sulfide) groups is 1. The Morgan fingerprint density at radius 1 is 0.741 bits per heavy atom. The van der Waals surface area contributed by atoms with Gasteiger partial charge in [-0.3, -0.25) is 14.5 Å². The largest absolute Gasteiger partial charge is 0.480 e. The number of nitrogens with zero attached hydrogens (tertiary/aromatic N) is 2. The molecule has 0 aromatic heterocycles. The van der Waals surface area contributed by atoms with Crippen molar-refractivity contribution in [3.8, 4) is 23.0 Å². The number of carbonyl (C=O) groups is 2. The van der Waals surface area contributed by atoms with Crippen LogP contribution >= 0.6 is 24.0 Å². The highest BCUT2D eigenvalue weighted by Crippen LogP contribution is 2.52. The normalized spacial score (nSPS) is 17.5. The predicted octanol–water partition coefficient (Wildman–Crippen LogP) is 11.4. The zero-order chi connectivity index (χ0) is 39.6. The second-order valence-corrected chi connectivity index (χ2v) is 16.4. The highest BCUT2D eigenvalue weighted by molar-refractivity contribution is 8.26. The van der Waals surface area contributed by atoms with Crippen LogP contribution in [0.2, 0.25) is 0 Å². The lowest BCUT2D eigenvalue weighted by atomic mass is 9.95. The number of carboxylic acids is 1. The molecule has 2 atom stereocenters. The van der Waals surface area contributed by atoms with E-state index in [1.807, 2.05) is 36.4 Å². The Morgan fingerprint density at radius 2 is 1.34 bits per heavy atom. The molecule has 1 saturated heterocycles. The van der Waals surface area contributed by atoms with Crippen molar-refractivity contribution in [2.75, 3.05) is 11.4 Å². The third kappa shape index (κ3) is 7.65. The Hall–Kier alpha value is -6.46. The average Bonchev–Trinajstić information content (AvgIpc) is 3.93. The topological polar surface area (TPSA) is 60.9 Å². The van der Waals surface area contributed by atoms with Gasteiger partial charge in [-0.05, 0) is 112 Å². The number of fused-ring (bicyclic) bond motifs is 3. The smallest absolute Gasteiger partial charge is 0.323 e. The van der Waals surface area contributed by atoms with Crippen molar-refractivity contribution in [1.82, 2.24) is 4.90 Å². The van der Waals surface area contributed by atoms with Crippen LogP contribution < -0.4 is 4.90 Å². The fourth-order valence-corrected chi connectivity index (χ4v) is 9.58. The van der Waals surface area contributed by atoms with E-state index in [0.29, 0.717) is 16.9 Å². The zero-order valence-electron chi connectivity index (χ0n) is 31.5. The standard InChI is InChI=1S/C51H38N2O3S2/c54-49(55)33-52-50(56)48(58-51(52)57)32-37-18-25-39(26-19-37)38-23-16-34(17-24-38)14-15-35-22-29-47-45(31-35)43-12-7-13-46(43)53(47)42-27-20-36(21-28-42)30-44(40-8-3-1-4-9-40)41-10-5-2-6-11-41/h1-6,8-11,16-32,43,46H,7,12-13,33H2,(H,54,55)/b48-32-. The molecule has 6 aromatic rings. The highest BCUT2D eigenvalue weighted by atomic mass is 32.2. The Bertz CT molecular complexity index is 2620. The predicted molar refractivity (Wildman–Crippen MR) is 241 cm³/mol. The first-order valence-corrected chi connectivity index (χ1v) is 20.7. The molecule has 1 amide bonds. The number of anilines is 2. The van der Waals surface area contributed by atoms with Crippen molar-refractivity contribution in [3.63, 3.8) is 0 Å². The number of aliphatic carboxylic acids is 1. The molecule has 1 aliphatic carbocycles.